The highest BCUT2D eigenvalue weighted by molar-refractivity contribution is 5.83. The van der Waals surface area contributed by atoms with E-state index in [1.54, 1.807) is 0 Å². The van der Waals surface area contributed by atoms with Gasteiger partial charge in [0, 0.05) is 6.54 Å². The lowest BCUT2D eigenvalue weighted by molar-refractivity contribution is -0.153. The third-order valence-electron chi connectivity index (χ3n) is 6.13. The zero-order valence-corrected chi connectivity index (χ0v) is 18.3. The Bertz CT molecular complexity index is 777. The molecule has 1 fully saturated rings. The number of piperidine rings is 1. The van der Waals surface area contributed by atoms with Crippen LogP contribution in [0.5, 0.6) is 0 Å². The van der Waals surface area contributed by atoms with E-state index in [1.807, 2.05) is 24.3 Å². The van der Waals surface area contributed by atoms with Crippen LogP contribution in [0.25, 0.3) is 6.08 Å². The fourth-order valence-electron chi connectivity index (χ4n) is 4.22. The molecule has 160 valence electrons. The van der Waals surface area contributed by atoms with Crippen molar-refractivity contribution in [1.29, 1.82) is 0 Å². The second kappa shape index (κ2) is 11.7. The van der Waals surface area contributed by atoms with Crippen molar-refractivity contribution in [1.82, 2.24) is 4.90 Å². The van der Waals surface area contributed by atoms with Crippen molar-refractivity contribution < 1.29 is 9.53 Å². The molecule has 1 aliphatic heterocycles. The normalized spacial score (nSPS) is 16.6. The van der Waals surface area contributed by atoms with E-state index < -0.39 is 5.41 Å². The highest BCUT2D eigenvalue weighted by Gasteiger charge is 2.44. The van der Waals surface area contributed by atoms with E-state index in [2.05, 4.69) is 60.4 Å². The van der Waals surface area contributed by atoms with Gasteiger partial charge in [-0.25, -0.2) is 0 Å². The SMILES string of the molecule is CCCCCCOC(=O)C1(c2ccccc2)CCN(CC=Cc2ccccc2)CC1. The molecule has 2 aromatic carbocycles. The molecule has 30 heavy (non-hydrogen) atoms. The number of benzene rings is 2. The van der Waals surface area contributed by atoms with Crippen LogP contribution in [0.1, 0.15) is 56.6 Å². The summed E-state index contributed by atoms with van der Waals surface area (Å²) in [6, 6.07) is 20.6. The zero-order chi connectivity index (χ0) is 21.1. The van der Waals surface area contributed by atoms with Crippen molar-refractivity contribution in [2.75, 3.05) is 26.2 Å². The summed E-state index contributed by atoms with van der Waals surface area (Å²) in [6.07, 6.45) is 10.5. The summed E-state index contributed by atoms with van der Waals surface area (Å²) in [6.45, 7) is 5.44. The summed E-state index contributed by atoms with van der Waals surface area (Å²) >= 11 is 0. The second-order valence-corrected chi connectivity index (χ2v) is 8.26. The van der Waals surface area contributed by atoms with Gasteiger partial charge in [0.25, 0.3) is 0 Å². The predicted octanol–water partition coefficient (Wildman–Crippen LogP) is 5.86. The molecule has 3 heteroatoms. The van der Waals surface area contributed by atoms with Crippen LogP contribution in [-0.2, 0) is 14.9 Å². The molecule has 2 aromatic rings. The average Bonchev–Trinajstić information content (AvgIpc) is 2.80. The maximum Gasteiger partial charge on any atom is 0.316 e. The first-order valence-electron chi connectivity index (χ1n) is 11.4. The lowest BCUT2D eigenvalue weighted by atomic mass is 9.72. The summed E-state index contributed by atoms with van der Waals surface area (Å²) in [5, 5.41) is 0. The number of esters is 1. The molecule has 0 aliphatic carbocycles. The summed E-state index contributed by atoms with van der Waals surface area (Å²) in [4.78, 5) is 15.6. The van der Waals surface area contributed by atoms with Crippen molar-refractivity contribution in [3.8, 4) is 0 Å². The van der Waals surface area contributed by atoms with Crippen LogP contribution in [0.4, 0.5) is 0 Å². The minimum Gasteiger partial charge on any atom is -0.465 e. The summed E-state index contributed by atoms with van der Waals surface area (Å²) in [7, 11) is 0. The summed E-state index contributed by atoms with van der Waals surface area (Å²) < 4.78 is 5.79. The van der Waals surface area contributed by atoms with E-state index in [4.69, 9.17) is 4.74 Å². The van der Waals surface area contributed by atoms with Crippen LogP contribution < -0.4 is 0 Å². The molecular formula is C27H35NO2. The van der Waals surface area contributed by atoms with Crippen LogP contribution >= 0.6 is 0 Å². The topological polar surface area (TPSA) is 29.5 Å². The van der Waals surface area contributed by atoms with E-state index in [9.17, 15) is 4.79 Å². The predicted molar refractivity (Wildman–Crippen MR) is 124 cm³/mol. The second-order valence-electron chi connectivity index (χ2n) is 8.26. The van der Waals surface area contributed by atoms with Gasteiger partial charge in [-0.2, -0.15) is 0 Å². The van der Waals surface area contributed by atoms with Gasteiger partial charge in [-0.05, 0) is 43.5 Å². The van der Waals surface area contributed by atoms with Gasteiger partial charge in [0.2, 0.25) is 0 Å². The minimum atomic E-state index is -0.508. The van der Waals surface area contributed by atoms with Gasteiger partial charge in [-0.3, -0.25) is 9.69 Å². The van der Waals surface area contributed by atoms with Crippen LogP contribution in [0.2, 0.25) is 0 Å². The molecule has 0 aromatic heterocycles. The van der Waals surface area contributed by atoms with Crippen LogP contribution in [0, 0.1) is 0 Å². The molecule has 0 spiro atoms. The van der Waals surface area contributed by atoms with Crippen molar-refractivity contribution >= 4 is 12.0 Å². The Labute approximate surface area is 181 Å². The first kappa shape index (κ1) is 22.3. The van der Waals surface area contributed by atoms with Crippen LogP contribution in [0.15, 0.2) is 66.7 Å². The zero-order valence-electron chi connectivity index (χ0n) is 18.3. The Morgan fingerprint density at radius 1 is 0.967 bits per heavy atom. The average molecular weight is 406 g/mol. The standard InChI is InChI=1S/C27H35NO2/c1-2-3-4-11-23-30-26(29)27(25-16-9-6-10-17-25)18-21-28(22-19-27)20-12-15-24-13-7-5-8-14-24/h5-10,12-17H,2-4,11,18-23H2,1H3. The fourth-order valence-corrected chi connectivity index (χ4v) is 4.22. The highest BCUT2D eigenvalue weighted by Crippen LogP contribution is 2.37. The molecule has 0 amide bonds. The lowest BCUT2D eigenvalue weighted by Crippen LogP contribution is -2.48. The summed E-state index contributed by atoms with van der Waals surface area (Å²) in [5.41, 5.74) is 1.81. The van der Waals surface area contributed by atoms with Gasteiger partial charge in [-0.1, -0.05) is 99.0 Å². The third-order valence-corrected chi connectivity index (χ3v) is 6.13. The number of nitrogens with zero attached hydrogens (tertiary/aromatic N) is 1. The third kappa shape index (κ3) is 6.06. The molecular weight excluding hydrogens is 370 g/mol. The molecule has 0 saturated carbocycles. The van der Waals surface area contributed by atoms with E-state index in [0.29, 0.717) is 6.61 Å². The van der Waals surface area contributed by atoms with E-state index in [0.717, 1.165) is 50.9 Å². The van der Waals surface area contributed by atoms with Crippen LogP contribution in [0.3, 0.4) is 0 Å². The van der Waals surface area contributed by atoms with Crippen molar-refractivity contribution in [3.63, 3.8) is 0 Å². The summed E-state index contributed by atoms with van der Waals surface area (Å²) in [5.74, 6) is -0.0373. The number of rotatable bonds is 10. The lowest BCUT2D eigenvalue weighted by Gasteiger charge is -2.40. The van der Waals surface area contributed by atoms with Gasteiger partial charge in [0.15, 0.2) is 0 Å². The molecule has 0 atom stereocenters. The molecule has 1 aliphatic rings. The van der Waals surface area contributed by atoms with E-state index in [1.165, 1.54) is 18.4 Å². The number of likely N-dealkylation sites (tertiary alicyclic amines) is 1. The number of carbonyl (C=O) groups excluding carboxylic acids is 1. The molecule has 1 saturated heterocycles. The van der Waals surface area contributed by atoms with Gasteiger partial charge < -0.3 is 4.74 Å². The number of hydrogen-bond donors (Lipinski definition) is 0. The fraction of sp³-hybridized carbons (Fsp3) is 0.444. The van der Waals surface area contributed by atoms with Gasteiger partial charge in [0.05, 0.1) is 12.0 Å². The van der Waals surface area contributed by atoms with Crippen LogP contribution in [-0.4, -0.2) is 37.1 Å². The maximum absolute atomic E-state index is 13.2. The maximum atomic E-state index is 13.2. The van der Waals surface area contributed by atoms with Crippen molar-refractivity contribution in [3.05, 3.63) is 77.9 Å². The Morgan fingerprint density at radius 2 is 1.63 bits per heavy atom. The number of unbranched alkanes of at least 4 members (excludes halogenated alkanes) is 3. The van der Waals surface area contributed by atoms with E-state index in [-0.39, 0.29) is 5.97 Å². The molecule has 0 bridgehead atoms. The monoisotopic (exact) mass is 405 g/mol. The highest BCUT2D eigenvalue weighted by atomic mass is 16.5. The Balaban J connectivity index is 1.59. The van der Waals surface area contributed by atoms with Gasteiger partial charge in [0.1, 0.15) is 0 Å². The smallest absolute Gasteiger partial charge is 0.316 e. The molecule has 0 unspecified atom stereocenters. The van der Waals surface area contributed by atoms with E-state index >= 15 is 0 Å². The minimum absolute atomic E-state index is 0.0373. The Hall–Kier alpha value is -2.39. The quantitative estimate of drug-likeness (QED) is 0.366. The Morgan fingerprint density at radius 3 is 2.30 bits per heavy atom. The Kier molecular flexibility index (Phi) is 8.70. The number of carbonyl (C=O) groups is 1. The molecule has 3 rings (SSSR count). The first-order valence-corrected chi connectivity index (χ1v) is 11.4. The first-order chi connectivity index (χ1) is 14.7. The van der Waals surface area contributed by atoms with Gasteiger partial charge >= 0.3 is 5.97 Å². The number of ether oxygens (including phenoxy) is 1. The molecule has 0 N–H and O–H groups in total. The molecule has 3 nitrogen and oxygen atoms in total. The molecule has 1 heterocycles. The van der Waals surface area contributed by atoms with Gasteiger partial charge in [-0.15, -0.1) is 0 Å². The van der Waals surface area contributed by atoms with Crippen molar-refractivity contribution in [2.45, 2.75) is 50.9 Å². The molecule has 0 radical (unpaired) electrons. The number of hydrogen-bond acceptors (Lipinski definition) is 3. The van der Waals surface area contributed by atoms with Crippen molar-refractivity contribution in [2.24, 2.45) is 0 Å². The largest absolute Gasteiger partial charge is 0.465 e.